The molecule has 0 unspecified atom stereocenters. The lowest BCUT2D eigenvalue weighted by Gasteiger charge is -2.34. The molecule has 162 valence electrons. The van der Waals surface area contributed by atoms with Crippen molar-refractivity contribution in [3.05, 3.63) is 88.9 Å². The van der Waals surface area contributed by atoms with Gasteiger partial charge in [-0.1, -0.05) is 48.0 Å². The van der Waals surface area contributed by atoms with Crippen LogP contribution in [0.2, 0.25) is 5.02 Å². The summed E-state index contributed by atoms with van der Waals surface area (Å²) in [5.74, 6) is -0.136. The van der Waals surface area contributed by atoms with Crippen LogP contribution in [0, 0.1) is 0 Å². The molecule has 2 heterocycles. The molecule has 0 aliphatic carbocycles. The van der Waals surface area contributed by atoms with Gasteiger partial charge in [0.1, 0.15) is 0 Å². The van der Waals surface area contributed by atoms with E-state index < -0.39 is 0 Å². The number of nitrogens with zero attached hydrogens (tertiary/aromatic N) is 2. The largest absolute Gasteiger partial charge is 0.369 e. The van der Waals surface area contributed by atoms with Crippen molar-refractivity contribution in [2.24, 2.45) is 0 Å². The second-order valence-corrected chi connectivity index (χ2v) is 8.66. The molecule has 2 aliphatic rings. The molecule has 3 aromatic carbocycles. The molecule has 1 fully saturated rings. The molecule has 5 rings (SSSR count). The molecular weight excluding hydrogens is 420 g/mol. The Labute approximate surface area is 193 Å². The van der Waals surface area contributed by atoms with Crippen molar-refractivity contribution >= 4 is 45.8 Å². The Kier molecular flexibility index (Phi) is 5.60. The predicted octanol–water partition coefficient (Wildman–Crippen LogP) is 5.02. The monoisotopic (exact) mass is 444 g/mol. The summed E-state index contributed by atoms with van der Waals surface area (Å²) < 4.78 is 0. The van der Waals surface area contributed by atoms with Crippen LogP contribution >= 0.6 is 11.6 Å². The number of nitrogens with one attached hydrogen (secondary N) is 2. The van der Waals surface area contributed by atoms with E-state index in [1.165, 1.54) is 5.69 Å². The van der Waals surface area contributed by atoms with E-state index in [1.807, 2.05) is 42.5 Å². The molecule has 6 heteroatoms. The summed E-state index contributed by atoms with van der Waals surface area (Å²) in [6, 6.07) is 23.9. The topological polar surface area (TPSA) is 47.6 Å². The zero-order chi connectivity index (χ0) is 22.1. The first-order valence-corrected chi connectivity index (χ1v) is 11.2. The average Bonchev–Trinajstić information content (AvgIpc) is 3.13. The van der Waals surface area contributed by atoms with Crippen LogP contribution in [0.3, 0.4) is 0 Å². The lowest BCUT2D eigenvalue weighted by Crippen LogP contribution is -2.44. The summed E-state index contributed by atoms with van der Waals surface area (Å²) in [6.07, 6.45) is 0. The van der Waals surface area contributed by atoms with Gasteiger partial charge in [-0.25, -0.2) is 0 Å². The van der Waals surface area contributed by atoms with E-state index in [-0.39, 0.29) is 5.91 Å². The average molecular weight is 445 g/mol. The number of piperazine rings is 1. The van der Waals surface area contributed by atoms with Gasteiger partial charge in [-0.2, -0.15) is 0 Å². The number of carbonyl (C=O) groups is 1. The fourth-order valence-corrected chi connectivity index (χ4v) is 4.41. The van der Waals surface area contributed by atoms with E-state index >= 15 is 0 Å². The molecular formula is C26H25ClN4O. The molecule has 32 heavy (non-hydrogen) atoms. The third-order valence-corrected chi connectivity index (χ3v) is 6.28. The summed E-state index contributed by atoms with van der Waals surface area (Å²) in [7, 11) is 2.16. The standard InChI is InChI=1S/C26H25ClN4O/c1-30-13-15-31(16-14-30)21-10-8-20(9-11-21)28-25(18-5-3-2-4-6-18)24-22-12-7-19(27)17-23(22)29-26(24)32/h2-12,17,28H,13-16H2,1H3,(H,29,32). The number of hydrogen-bond acceptors (Lipinski definition) is 4. The Morgan fingerprint density at radius 2 is 1.66 bits per heavy atom. The van der Waals surface area contributed by atoms with Crippen LogP contribution in [-0.2, 0) is 4.79 Å². The highest BCUT2D eigenvalue weighted by atomic mass is 35.5. The van der Waals surface area contributed by atoms with Gasteiger partial charge < -0.3 is 20.4 Å². The van der Waals surface area contributed by atoms with Crippen LogP contribution in [0.5, 0.6) is 0 Å². The number of rotatable bonds is 4. The fraction of sp³-hybridized carbons (Fsp3) is 0.192. The number of fused-ring (bicyclic) bond motifs is 1. The molecule has 1 amide bonds. The summed E-state index contributed by atoms with van der Waals surface area (Å²) in [6.45, 7) is 4.20. The molecule has 0 aromatic heterocycles. The summed E-state index contributed by atoms with van der Waals surface area (Å²) in [4.78, 5) is 17.7. The maximum Gasteiger partial charge on any atom is 0.258 e. The number of carbonyl (C=O) groups excluding carboxylic acids is 1. The lowest BCUT2D eigenvalue weighted by atomic mass is 10.00. The third-order valence-electron chi connectivity index (χ3n) is 6.04. The van der Waals surface area contributed by atoms with Crippen molar-refractivity contribution in [2.45, 2.75) is 0 Å². The Balaban J connectivity index is 1.50. The van der Waals surface area contributed by atoms with Crippen LogP contribution in [0.25, 0.3) is 11.3 Å². The van der Waals surface area contributed by atoms with Gasteiger partial charge in [-0.15, -0.1) is 0 Å². The van der Waals surface area contributed by atoms with E-state index in [4.69, 9.17) is 11.6 Å². The van der Waals surface area contributed by atoms with Crippen molar-refractivity contribution in [1.82, 2.24) is 4.90 Å². The molecule has 5 nitrogen and oxygen atoms in total. The molecule has 0 bridgehead atoms. The molecule has 0 atom stereocenters. The highest BCUT2D eigenvalue weighted by Gasteiger charge is 2.28. The van der Waals surface area contributed by atoms with Gasteiger partial charge in [0.2, 0.25) is 0 Å². The Hall–Kier alpha value is -3.28. The Morgan fingerprint density at radius 3 is 2.38 bits per heavy atom. The first-order valence-electron chi connectivity index (χ1n) is 10.8. The van der Waals surface area contributed by atoms with Gasteiger partial charge in [-0.3, -0.25) is 4.79 Å². The predicted molar refractivity (Wildman–Crippen MR) is 133 cm³/mol. The van der Waals surface area contributed by atoms with Gasteiger partial charge in [0, 0.05) is 48.1 Å². The van der Waals surface area contributed by atoms with Crippen LogP contribution in [0.1, 0.15) is 11.1 Å². The number of halogens is 1. The van der Waals surface area contributed by atoms with Gasteiger partial charge in [-0.05, 0) is 49.0 Å². The molecule has 0 radical (unpaired) electrons. The number of likely N-dealkylation sites (N-methyl/N-ethyl adjacent to an activating group) is 1. The van der Waals surface area contributed by atoms with Crippen molar-refractivity contribution in [3.63, 3.8) is 0 Å². The first-order chi connectivity index (χ1) is 15.6. The minimum absolute atomic E-state index is 0.136. The van der Waals surface area contributed by atoms with Gasteiger partial charge >= 0.3 is 0 Å². The van der Waals surface area contributed by atoms with Crippen molar-refractivity contribution in [1.29, 1.82) is 0 Å². The summed E-state index contributed by atoms with van der Waals surface area (Å²) >= 11 is 6.14. The molecule has 3 aromatic rings. The van der Waals surface area contributed by atoms with Gasteiger partial charge in [0.05, 0.1) is 17.0 Å². The molecule has 0 spiro atoms. The lowest BCUT2D eigenvalue weighted by molar-refractivity contribution is -0.110. The summed E-state index contributed by atoms with van der Waals surface area (Å²) in [5, 5.41) is 7.06. The van der Waals surface area contributed by atoms with Gasteiger partial charge in [0.25, 0.3) is 5.91 Å². The fourth-order valence-electron chi connectivity index (χ4n) is 4.24. The number of amides is 1. The zero-order valence-corrected chi connectivity index (χ0v) is 18.7. The highest BCUT2D eigenvalue weighted by Crippen LogP contribution is 2.38. The first kappa shape index (κ1) is 20.6. The second-order valence-electron chi connectivity index (χ2n) is 8.22. The second kappa shape index (κ2) is 8.69. The Bertz CT molecular complexity index is 1170. The highest BCUT2D eigenvalue weighted by molar-refractivity contribution is 6.38. The van der Waals surface area contributed by atoms with E-state index in [2.05, 4.69) is 51.7 Å². The van der Waals surface area contributed by atoms with E-state index in [1.54, 1.807) is 6.07 Å². The van der Waals surface area contributed by atoms with Crippen molar-refractivity contribution < 1.29 is 4.79 Å². The molecule has 2 aliphatic heterocycles. The molecule has 2 N–H and O–H groups in total. The van der Waals surface area contributed by atoms with Crippen molar-refractivity contribution in [2.75, 3.05) is 48.8 Å². The minimum Gasteiger partial charge on any atom is -0.369 e. The summed E-state index contributed by atoms with van der Waals surface area (Å²) in [5.41, 5.74) is 6.07. The van der Waals surface area contributed by atoms with E-state index in [0.717, 1.165) is 54.4 Å². The minimum atomic E-state index is -0.136. The van der Waals surface area contributed by atoms with Gasteiger partial charge in [0.15, 0.2) is 0 Å². The maximum atomic E-state index is 13.0. The van der Waals surface area contributed by atoms with Crippen molar-refractivity contribution in [3.8, 4) is 0 Å². The molecule has 1 saturated heterocycles. The maximum absolute atomic E-state index is 13.0. The zero-order valence-electron chi connectivity index (χ0n) is 17.9. The number of hydrogen-bond donors (Lipinski definition) is 2. The van der Waals surface area contributed by atoms with Crippen LogP contribution < -0.4 is 15.5 Å². The smallest absolute Gasteiger partial charge is 0.258 e. The third kappa shape index (κ3) is 4.09. The Morgan fingerprint density at radius 1 is 0.938 bits per heavy atom. The quantitative estimate of drug-likeness (QED) is 0.554. The number of anilines is 3. The normalized spacial score (nSPS) is 17.7. The SMILES string of the molecule is CN1CCN(c2ccc(NC(=C3C(=O)Nc4cc(Cl)ccc43)c3ccccc3)cc2)CC1. The molecule has 0 saturated carbocycles. The van der Waals surface area contributed by atoms with Crippen LogP contribution in [0.15, 0.2) is 72.8 Å². The van der Waals surface area contributed by atoms with E-state index in [0.29, 0.717) is 10.6 Å². The van der Waals surface area contributed by atoms with Crippen LogP contribution in [0.4, 0.5) is 17.1 Å². The number of benzene rings is 3. The van der Waals surface area contributed by atoms with Crippen LogP contribution in [-0.4, -0.2) is 44.0 Å². The van der Waals surface area contributed by atoms with E-state index in [9.17, 15) is 4.79 Å².